The lowest BCUT2D eigenvalue weighted by Crippen LogP contribution is -2.14. The first-order valence-corrected chi connectivity index (χ1v) is 8.15. The molecule has 0 aliphatic heterocycles. The number of hydrogen-bond acceptors (Lipinski definition) is 5. The van der Waals surface area contributed by atoms with Crippen LogP contribution >= 0.6 is 0 Å². The van der Waals surface area contributed by atoms with Gasteiger partial charge in [-0.3, -0.25) is 0 Å². The van der Waals surface area contributed by atoms with Crippen molar-refractivity contribution in [3.05, 3.63) is 23.5 Å². The highest BCUT2D eigenvalue weighted by Gasteiger charge is 2.25. The number of nitrogens with one attached hydrogen (secondary N) is 1. The average molecular weight is 318 g/mol. The highest BCUT2D eigenvalue weighted by Crippen LogP contribution is 2.38. The maximum absolute atomic E-state index is 11.5. The molecule has 0 saturated carbocycles. The predicted molar refractivity (Wildman–Crippen MR) is 85.9 cm³/mol. The quantitative estimate of drug-likeness (QED) is 0.853. The van der Waals surface area contributed by atoms with Crippen LogP contribution in [-0.2, 0) is 15.9 Å². The molecule has 1 N–H and O–H groups in total. The molecule has 0 radical (unpaired) electrons. The number of carbonyl (C=O) groups is 1. The molecule has 1 aliphatic rings. The normalized spacial score (nSPS) is 17.0. The first-order valence-electron chi connectivity index (χ1n) is 8.15. The smallest absolute Gasteiger partial charge is 0.434 e. The van der Waals surface area contributed by atoms with E-state index in [1.54, 1.807) is 13.1 Å². The number of carbonyl (C=O) groups excluding carboxylic acids is 1. The van der Waals surface area contributed by atoms with Crippen LogP contribution in [0.15, 0.2) is 12.3 Å². The number of H-pyrrole nitrogens is 1. The second-order valence-corrected chi connectivity index (χ2v) is 5.62. The molecule has 124 valence electrons. The maximum atomic E-state index is 11.5. The Kier molecular flexibility index (Phi) is 4.81. The summed E-state index contributed by atoms with van der Waals surface area (Å²) in [5, 5.41) is 1.05. The Morgan fingerprint density at radius 1 is 1.39 bits per heavy atom. The Balaban J connectivity index is 1.93. The summed E-state index contributed by atoms with van der Waals surface area (Å²) in [5.74, 6) is 0.628. The molecule has 2 aromatic rings. The molecule has 0 saturated heterocycles. The fraction of sp³-hybridized carbons (Fsp3) is 0.529. The van der Waals surface area contributed by atoms with Gasteiger partial charge in [0.25, 0.3) is 0 Å². The van der Waals surface area contributed by atoms with Crippen LogP contribution < -0.4 is 4.74 Å². The molecule has 1 aliphatic carbocycles. The minimum atomic E-state index is -0.727. The average Bonchev–Trinajstić information content (AvgIpc) is 2.91. The lowest BCUT2D eigenvalue weighted by molar-refractivity contribution is 0.103. The summed E-state index contributed by atoms with van der Waals surface area (Å²) >= 11 is 0. The first kappa shape index (κ1) is 15.8. The summed E-state index contributed by atoms with van der Waals surface area (Å²) in [4.78, 5) is 19.1. The van der Waals surface area contributed by atoms with E-state index in [9.17, 15) is 4.79 Å². The Labute approximate surface area is 135 Å². The van der Waals surface area contributed by atoms with E-state index in [0.29, 0.717) is 19.1 Å². The van der Waals surface area contributed by atoms with E-state index >= 15 is 0 Å². The van der Waals surface area contributed by atoms with Crippen LogP contribution in [-0.4, -0.2) is 35.9 Å². The number of rotatable bonds is 5. The number of pyridine rings is 1. The van der Waals surface area contributed by atoms with Crippen molar-refractivity contribution >= 4 is 17.1 Å². The van der Waals surface area contributed by atoms with Crippen molar-refractivity contribution in [1.82, 2.24) is 9.97 Å². The number of fused-ring (bicyclic) bond motifs is 3. The van der Waals surface area contributed by atoms with Crippen LogP contribution in [0.25, 0.3) is 10.9 Å². The summed E-state index contributed by atoms with van der Waals surface area (Å²) in [6.07, 6.45) is 4.27. The summed E-state index contributed by atoms with van der Waals surface area (Å²) < 4.78 is 15.6. The molecule has 6 nitrogen and oxygen atoms in total. The van der Waals surface area contributed by atoms with Gasteiger partial charge in [0.05, 0.1) is 24.9 Å². The maximum Gasteiger partial charge on any atom is 0.515 e. The molecule has 2 aromatic heterocycles. The third-order valence-electron chi connectivity index (χ3n) is 4.14. The van der Waals surface area contributed by atoms with Gasteiger partial charge >= 0.3 is 6.16 Å². The molecule has 0 spiro atoms. The van der Waals surface area contributed by atoms with Crippen molar-refractivity contribution in [3.8, 4) is 5.88 Å². The van der Waals surface area contributed by atoms with Gasteiger partial charge in [-0.2, -0.15) is 0 Å². The molecule has 0 aromatic carbocycles. The highest BCUT2D eigenvalue weighted by molar-refractivity contribution is 5.86. The van der Waals surface area contributed by atoms with Gasteiger partial charge in [-0.05, 0) is 38.7 Å². The second kappa shape index (κ2) is 7.00. The Hall–Kier alpha value is -2.08. The van der Waals surface area contributed by atoms with E-state index in [-0.39, 0.29) is 12.5 Å². The van der Waals surface area contributed by atoms with Gasteiger partial charge in [0, 0.05) is 29.7 Å². The van der Waals surface area contributed by atoms with Gasteiger partial charge in [0.2, 0.25) is 5.88 Å². The second-order valence-electron chi connectivity index (χ2n) is 5.62. The SMILES string of the molecule is CCOCC1CCCc2[nH]c3cnc(OC(=O)OCC)cc3c21. The van der Waals surface area contributed by atoms with Gasteiger partial charge in [0.1, 0.15) is 0 Å². The molecule has 6 heteroatoms. The van der Waals surface area contributed by atoms with Gasteiger partial charge in [-0.25, -0.2) is 9.78 Å². The summed E-state index contributed by atoms with van der Waals surface area (Å²) in [5.41, 5.74) is 3.48. The minimum Gasteiger partial charge on any atom is -0.434 e. The Bertz CT molecular complexity index is 695. The molecule has 23 heavy (non-hydrogen) atoms. The van der Waals surface area contributed by atoms with Crippen molar-refractivity contribution in [3.63, 3.8) is 0 Å². The van der Waals surface area contributed by atoms with Crippen LogP contribution in [0, 0.1) is 0 Å². The topological polar surface area (TPSA) is 73.4 Å². The lowest BCUT2D eigenvalue weighted by atomic mass is 9.86. The summed E-state index contributed by atoms with van der Waals surface area (Å²) in [7, 11) is 0. The third-order valence-corrected chi connectivity index (χ3v) is 4.14. The molecule has 0 amide bonds. The van der Waals surface area contributed by atoms with Gasteiger partial charge in [-0.1, -0.05) is 0 Å². The van der Waals surface area contributed by atoms with Gasteiger partial charge in [0.15, 0.2) is 0 Å². The number of ether oxygens (including phenoxy) is 3. The van der Waals surface area contributed by atoms with Gasteiger partial charge < -0.3 is 19.2 Å². The third kappa shape index (κ3) is 3.32. The Morgan fingerprint density at radius 3 is 3.04 bits per heavy atom. The van der Waals surface area contributed by atoms with E-state index in [1.807, 2.05) is 13.0 Å². The number of aromatic nitrogens is 2. The number of hydrogen-bond donors (Lipinski definition) is 1. The predicted octanol–water partition coefficient (Wildman–Crippen LogP) is 3.55. The molecular formula is C17H22N2O4. The molecule has 3 rings (SSSR count). The van der Waals surface area contributed by atoms with Crippen LogP contribution in [0.3, 0.4) is 0 Å². The zero-order valence-corrected chi connectivity index (χ0v) is 13.6. The van der Waals surface area contributed by atoms with Crippen molar-refractivity contribution < 1.29 is 19.0 Å². The van der Waals surface area contributed by atoms with Crippen LogP contribution in [0.1, 0.15) is 43.9 Å². The van der Waals surface area contributed by atoms with Crippen LogP contribution in [0.4, 0.5) is 4.79 Å². The van der Waals surface area contributed by atoms with E-state index in [0.717, 1.165) is 30.2 Å². The molecule has 1 atom stereocenters. The highest BCUT2D eigenvalue weighted by atomic mass is 16.7. The number of aryl methyl sites for hydroxylation is 1. The molecule has 1 unspecified atom stereocenters. The van der Waals surface area contributed by atoms with E-state index in [2.05, 4.69) is 9.97 Å². The lowest BCUT2D eigenvalue weighted by Gasteiger charge is -2.22. The van der Waals surface area contributed by atoms with Crippen molar-refractivity contribution in [2.75, 3.05) is 19.8 Å². The summed E-state index contributed by atoms with van der Waals surface area (Å²) in [6, 6.07) is 1.81. The molecular weight excluding hydrogens is 296 g/mol. The minimum absolute atomic E-state index is 0.262. The Morgan fingerprint density at radius 2 is 2.26 bits per heavy atom. The monoisotopic (exact) mass is 318 g/mol. The van der Waals surface area contributed by atoms with E-state index in [1.165, 1.54) is 11.3 Å². The van der Waals surface area contributed by atoms with Gasteiger partial charge in [-0.15, -0.1) is 0 Å². The van der Waals surface area contributed by atoms with Crippen molar-refractivity contribution in [2.24, 2.45) is 0 Å². The molecule has 0 fully saturated rings. The van der Waals surface area contributed by atoms with Crippen LogP contribution in [0.5, 0.6) is 5.88 Å². The zero-order chi connectivity index (χ0) is 16.2. The standard InChI is InChI=1S/C17H22N2O4/c1-3-21-10-11-6-5-7-13-16(11)12-8-15(18-9-14(12)19-13)23-17(20)22-4-2/h8-9,11,19H,3-7,10H2,1-2H3. The van der Waals surface area contributed by atoms with Crippen molar-refractivity contribution in [1.29, 1.82) is 0 Å². The fourth-order valence-corrected chi connectivity index (χ4v) is 3.20. The van der Waals surface area contributed by atoms with E-state index in [4.69, 9.17) is 14.2 Å². The molecule has 0 bridgehead atoms. The summed E-state index contributed by atoms with van der Waals surface area (Å²) in [6.45, 7) is 5.45. The largest absolute Gasteiger partial charge is 0.515 e. The van der Waals surface area contributed by atoms with Crippen molar-refractivity contribution in [2.45, 2.75) is 39.0 Å². The zero-order valence-electron chi connectivity index (χ0n) is 13.6. The number of aromatic amines is 1. The van der Waals surface area contributed by atoms with E-state index < -0.39 is 6.16 Å². The first-order chi connectivity index (χ1) is 11.2. The fourth-order valence-electron chi connectivity index (χ4n) is 3.20. The van der Waals surface area contributed by atoms with Crippen LogP contribution in [0.2, 0.25) is 0 Å². The molecule has 2 heterocycles. The number of nitrogens with zero attached hydrogens (tertiary/aromatic N) is 1.